The molecule has 0 saturated carbocycles. The van der Waals surface area contributed by atoms with E-state index in [-0.39, 0.29) is 0 Å². The summed E-state index contributed by atoms with van der Waals surface area (Å²) in [5.74, 6) is 1.17. The first-order chi connectivity index (χ1) is 16.7. The second kappa shape index (κ2) is 11.6. The minimum Gasteiger partial charge on any atom is -0.385 e. The number of hydrogen-bond acceptors (Lipinski definition) is 5. The first-order valence-electron chi connectivity index (χ1n) is 11.6. The SMILES string of the molecule is COCCCC/C(=N/c1cc(=O)n(-c2ccccc2)c(=O)n1-c1ccccc1)N1CCOCC1. The van der Waals surface area contributed by atoms with Gasteiger partial charge in [-0.1, -0.05) is 36.4 Å². The first kappa shape index (κ1) is 23.7. The highest BCUT2D eigenvalue weighted by atomic mass is 16.5. The number of ether oxygens (including phenoxy) is 2. The van der Waals surface area contributed by atoms with Gasteiger partial charge in [0.2, 0.25) is 0 Å². The Balaban J connectivity index is 1.85. The molecule has 0 amide bonds. The average Bonchev–Trinajstić information content (AvgIpc) is 2.87. The number of amidine groups is 1. The smallest absolute Gasteiger partial charge is 0.341 e. The molecule has 1 fully saturated rings. The van der Waals surface area contributed by atoms with Crippen LogP contribution >= 0.6 is 0 Å². The number of hydrogen-bond donors (Lipinski definition) is 0. The van der Waals surface area contributed by atoms with Gasteiger partial charge >= 0.3 is 5.69 Å². The molecule has 1 aliphatic rings. The van der Waals surface area contributed by atoms with Crippen LogP contribution in [0.15, 0.2) is 81.3 Å². The van der Waals surface area contributed by atoms with Gasteiger partial charge in [-0.05, 0) is 37.1 Å². The maximum Gasteiger partial charge on any atom is 0.341 e. The molecule has 3 aromatic rings. The van der Waals surface area contributed by atoms with Crippen molar-refractivity contribution >= 4 is 11.7 Å². The summed E-state index contributed by atoms with van der Waals surface area (Å²) < 4.78 is 13.4. The summed E-state index contributed by atoms with van der Waals surface area (Å²) >= 11 is 0. The third-order valence-corrected chi connectivity index (χ3v) is 5.73. The molecule has 1 aromatic heterocycles. The lowest BCUT2D eigenvalue weighted by Gasteiger charge is -2.30. The van der Waals surface area contributed by atoms with Crippen molar-refractivity contribution in [2.75, 3.05) is 40.0 Å². The quantitative estimate of drug-likeness (QED) is 0.292. The maximum absolute atomic E-state index is 13.7. The number of morpholine rings is 1. The van der Waals surface area contributed by atoms with Crippen LogP contribution in [0.4, 0.5) is 5.82 Å². The molecule has 8 heteroatoms. The molecule has 0 spiro atoms. The lowest BCUT2D eigenvalue weighted by atomic mass is 10.2. The van der Waals surface area contributed by atoms with E-state index in [0.29, 0.717) is 43.4 Å². The van der Waals surface area contributed by atoms with Crippen LogP contribution in [-0.2, 0) is 9.47 Å². The van der Waals surface area contributed by atoms with Gasteiger partial charge < -0.3 is 14.4 Å². The van der Waals surface area contributed by atoms with Gasteiger partial charge in [-0.3, -0.25) is 4.79 Å². The molecule has 0 atom stereocenters. The zero-order valence-electron chi connectivity index (χ0n) is 19.4. The Bertz CT molecular complexity index is 1210. The zero-order valence-corrected chi connectivity index (χ0v) is 19.4. The van der Waals surface area contributed by atoms with Crippen molar-refractivity contribution < 1.29 is 9.47 Å². The fourth-order valence-electron chi connectivity index (χ4n) is 4.02. The van der Waals surface area contributed by atoms with Crippen LogP contribution in [0.3, 0.4) is 0 Å². The summed E-state index contributed by atoms with van der Waals surface area (Å²) in [5, 5.41) is 0. The van der Waals surface area contributed by atoms with Crippen molar-refractivity contribution in [2.45, 2.75) is 19.3 Å². The summed E-state index contributed by atoms with van der Waals surface area (Å²) in [6.07, 6.45) is 2.51. The van der Waals surface area contributed by atoms with E-state index < -0.39 is 11.2 Å². The normalized spacial score (nSPS) is 14.4. The molecule has 0 unspecified atom stereocenters. The van der Waals surface area contributed by atoms with Crippen molar-refractivity contribution in [3.05, 3.63) is 87.6 Å². The molecular formula is C26H30N4O4. The maximum atomic E-state index is 13.7. The van der Waals surface area contributed by atoms with Crippen molar-refractivity contribution in [3.63, 3.8) is 0 Å². The number of aromatic nitrogens is 2. The van der Waals surface area contributed by atoms with Crippen molar-refractivity contribution in [1.82, 2.24) is 14.0 Å². The van der Waals surface area contributed by atoms with Gasteiger partial charge in [-0.2, -0.15) is 0 Å². The van der Waals surface area contributed by atoms with E-state index in [2.05, 4.69) is 4.90 Å². The molecule has 1 saturated heterocycles. The van der Waals surface area contributed by atoms with Gasteiger partial charge in [0.15, 0.2) is 0 Å². The topological polar surface area (TPSA) is 78.1 Å². The molecule has 1 aliphatic heterocycles. The highest BCUT2D eigenvalue weighted by molar-refractivity contribution is 5.84. The van der Waals surface area contributed by atoms with Crippen LogP contribution in [0.5, 0.6) is 0 Å². The van der Waals surface area contributed by atoms with E-state index in [1.807, 2.05) is 36.4 Å². The van der Waals surface area contributed by atoms with Crippen LogP contribution in [0, 0.1) is 0 Å². The van der Waals surface area contributed by atoms with Crippen molar-refractivity contribution in [3.8, 4) is 11.4 Å². The number of benzene rings is 2. The van der Waals surface area contributed by atoms with Crippen LogP contribution < -0.4 is 11.2 Å². The minimum atomic E-state index is -0.454. The highest BCUT2D eigenvalue weighted by Gasteiger charge is 2.19. The number of para-hydroxylation sites is 2. The molecule has 0 N–H and O–H groups in total. The number of rotatable bonds is 8. The number of aliphatic imine (C=N–C) groups is 1. The third kappa shape index (κ3) is 5.52. The van der Waals surface area contributed by atoms with Gasteiger partial charge in [-0.25, -0.2) is 18.9 Å². The van der Waals surface area contributed by atoms with E-state index in [9.17, 15) is 9.59 Å². The molecule has 178 valence electrons. The van der Waals surface area contributed by atoms with Gasteiger partial charge in [-0.15, -0.1) is 0 Å². The average molecular weight is 463 g/mol. The van der Waals surface area contributed by atoms with E-state index in [1.54, 1.807) is 31.4 Å². The Morgan fingerprint density at radius 3 is 2.15 bits per heavy atom. The van der Waals surface area contributed by atoms with Gasteiger partial charge in [0.25, 0.3) is 5.56 Å². The summed E-state index contributed by atoms with van der Waals surface area (Å²) in [7, 11) is 1.69. The van der Waals surface area contributed by atoms with Crippen LogP contribution in [0.2, 0.25) is 0 Å². The molecule has 2 aromatic carbocycles. The number of methoxy groups -OCH3 is 1. The summed E-state index contributed by atoms with van der Waals surface area (Å²) in [6, 6.07) is 19.7. The second-order valence-electron chi connectivity index (χ2n) is 8.04. The van der Waals surface area contributed by atoms with Crippen molar-refractivity contribution in [2.24, 2.45) is 4.99 Å². The van der Waals surface area contributed by atoms with E-state index >= 15 is 0 Å². The fourth-order valence-corrected chi connectivity index (χ4v) is 4.02. The Labute approximate surface area is 198 Å². The zero-order chi connectivity index (χ0) is 23.8. The molecule has 34 heavy (non-hydrogen) atoms. The lowest BCUT2D eigenvalue weighted by Crippen LogP contribution is -2.41. The van der Waals surface area contributed by atoms with Crippen LogP contribution in [0.1, 0.15) is 19.3 Å². The van der Waals surface area contributed by atoms with E-state index in [0.717, 1.165) is 31.8 Å². The highest BCUT2D eigenvalue weighted by Crippen LogP contribution is 2.18. The second-order valence-corrected chi connectivity index (χ2v) is 8.04. The predicted molar refractivity (Wildman–Crippen MR) is 133 cm³/mol. The molecule has 4 rings (SSSR count). The van der Waals surface area contributed by atoms with Gasteiger partial charge in [0.1, 0.15) is 11.7 Å². The Morgan fingerprint density at radius 2 is 1.53 bits per heavy atom. The lowest BCUT2D eigenvalue weighted by molar-refractivity contribution is 0.0670. The number of nitrogens with zero attached hydrogens (tertiary/aromatic N) is 4. The molecule has 0 radical (unpaired) electrons. The Morgan fingerprint density at radius 1 is 0.912 bits per heavy atom. The number of unbranched alkanes of at least 4 members (excludes halogenated alkanes) is 1. The Kier molecular flexibility index (Phi) is 8.06. The van der Waals surface area contributed by atoms with E-state index in [4.69, 9.17) is 14.5 Å². The van der Waals surface area contributed by atoms with Gasteiger partial charge in [0, 0.05) is 39.3 Å². The van der Waals surface area contributed by atoms with Gasteiger partial charge in [0.05, 0.1) is 24.6 Å². The minimum absolute atomic E-state index is 0.321. The first-order valence-corrected chi connectivity index (χ1v) is 11.6. The van der Waals surface area contributed by atoms with E-state index in [1.165, 1.54) is 15.2 Å². The Hall–Kier alpha value is -3.49. The summed E-state index contributed by atoms with van der Waals surface area (Å²) in [6.45, 7) is 3.37. The standard InChI is InChI=1S/C26H30N4O4/c1-33-17-9-8-14-23(28-15-18-34-19-16-28)27-24-20-25(31)30(22-12-6-3-7-13-22)26(32)29(24)21-10-4-2-5-11-21/h2-7,10-13,20H,8-9,14-19H2,1H3/b27-23-. The molecule has 0 aliphatic carbocycles. The van der Waals surface area contributed by atoms with Crippen molar-refractivity contribution in [1.29, 1.82) is 0 Å². The van der Waals surface area contributed by atoms with Crippen LogP contribution in [-0.4, -0.2) is 59.9 Å². The molecule has 8 nitrogen and oxygen atoms in total. The molecule has 2 heterocycles. The molecule has 0 bridgehead atoms. The predicted octanol–water partition coefficient (Wildman–Crippen LogP) is 3.17. The molecular weight excluding hydrogens is 432 g/mol. The summed E-state index contributed by atoms with van der Waals surface area (Å²) in [4.78, 5) is 33.9. The largest absolute Gasteiger partial charge is 0.385 e. The summed E-state index contributed by atoms with van der Waals surface area (Å²) in [5.41, 5.74) is 0.300. The van der Waals surface area contributed by atoms with Crippen LogP contribution in [0.25, 0.3) is 11.4 Å². The third-order valence-electron chi connectivity index (χ3n) is 5.73. The monoisotopic (exact) mass is 462 g/mol. The fraction of sp³-hybridized carbons (Fsp3) is 0.346.